The fourth-order valence-electron chi connectivity index (χ4n) is 1.91. The van der Waals surface area contributed by atoms with Gasteiger partial charge in [0, 0.05) is 5.92 Å². The Bertz CT molecular complexity index is 259. The minimum atomic E-state index is -0.164. The number of allylic oxidation sites excluding steroid dienone is 2. The molecule has 12 heavy (non-hydrogen) atoms. The molecular formula is C10H13ClO. The highest BCUT2D eigenvalue weighted by atomic mass is 35.5. The van der Waals surface area contributed by atoms with Crippen molar-refractivity contribution in [1.29, 1.82) is 0 Å². The lowest BCUT2D eigenvalue weighted by atomic mass is 10.1. The molecule has 0 heterocycles. The van der Waals surface area contributed by atoms with Gasteiger partial charge in [-0.15, -0.1) is 0 Å². The van der Waals surface area contributed by atoms with E-state index in [9.17, 15) is 4.79 Å². The van der Waals surface area contributed by atoms with Crippen molar-refractivity contribution in [3.63, 3.8) is 0 Å². The smallest absolute Gasteiger partial charge is 0.225 e. The van der Waals surface area contributed by atoms with E-state index < -0.39 is 0 Å². The number of hydrogen-bond donors (Lipinski definition) is 0. The second-order valence-corrected chi connectivity index (χ2v) is 4.83. The highest BCUT2D eigenvalue weighted by Crippen LogP contribution is 2.61. The summed E-state index contributed by atoms with van der Waals surface area (Å²) < 4.78 is 0. The first-order chi connectivity index (χ1) is 5.53. The Hall–Kier alpha value is -0.300. The predicted molar refractivity (Wildman–Crippen MR) is 48.9 cm³/mol. The topological polar surface area (TPSA) is 17.1 Å². The zero-order valence-corrected chi connectivity index (χ0v) is 8.19. The Kier molecular flexibility index (Phi) is 1.63. The van der Waals surface area contributed by atoms with Crippen molar-refractivity contribution in [2.24, 2.45) is 17.3 Å². The third-order valence-electron chi connectivity index (χ3n) is 3.11. The summed E-state index contributed by atoms with van der Waals surface area (Å²) in [5.41, 5.74) is 1.63. The molecule has 2 saturated carbocycles. The van der Waals surface area contributed by atoms with Crippen LogP contribution in [0.1, 0.15) is 26.7 Å². The molecule has 0 aromatic rings. The minimum absolute atomic E-state index is 0.0762. The van der Waals surface area contributed by atoms with Crippen LogP contribution in [-0.4, -0.2) is 5.24 Å². The van der Waals surface area contributed by atoms with Crippen molar-refractivity contribution >= 4 is 16.8 Å². The molecule has 2 fully saturated rings. The van der Waals surface area contributed by atoms with Crippen molar-refractivity contribution < 1.29 is 4.79 Å². The summed E-state index contributed by atoms with van der Waals surface area (Å²) in [5, 5.41) is -0.164. The summed E-state index contributed by atoms with van der Waals surface area (Å²) in [6, 6.07) is 0. The largest absolute Gasteiger partial charge is 0.281 e. The lowest BCUT2D eigenvalue weighted by molar-refractivity contribution is -0.113. The zero-order valence-electron chi connectivity index (χ0n) is 7.43. The molecule has 0 aliphatic heterocycles. The molecule has 0 amide bonds. The molecule has 0 aromatic heterocycles. The van der Waals surface area contributed by atoms with Gasteiger partial charge in [0.15, 0.2) is 0 Å². The summed E-state index contributed by atoms with van der Waals surface area (Å²) in [4.78, 5) is 11.0. The summed E-state index contributed by atoms with van der Waals surface area (Å²) >= 11 is 5.49. The van der Waals surface area contributed by atoms with E-state index in [1.165, 1.54) is 18.4 Å². The van der Waals surface area contributed by atoms with Crippen LogP contribution in [0.5, 0.6) is 0 Å². The van der Waals surface area contributed by atoms with Gasteiger partial charge in [0.25, 0.3) is 0 Å². The molecule has 2 heteroatoms. The van der Waals surface area contributed by atoms with Gasteiger partial charge in [0.05, 0.1) is 0 Å². The standard InChI is InChI=1S/C10H13ClO/c1-10(2)7(5-6-3-4-6)8(10)9(11)12/h5,7-8H,3-4H2,1-2H3/t7-,8+/m0/s1. The lowest BCUT2D eigenvalue weighted by Crippen LogP contribution is -1.96. The maximum Gasteiger partial charge on any atom is 0.225 e. The van der Waals surface area contributed by atoms with E-state index in [2.05, 4.69) is 19.9 Å². The quantitative estimate of drug-likeness (QED) is 0.477. The fourth-order valence-corrected chi connectivity index (χ4v) is 2.33. The van der Waals surface area contributed by atoms with Gasteiger partial charge in [-0.1, -0.05) is 25.5 Å². The SMILES string of the molecule is CC1(C)[C@@H](C=C2CC2)[C@@H]1C(=O)Cl. The average molecular weight is 185 g/mol. The molecule has 1 nitrogen and oxygen atoms in total. The Balaban J connectivity index is 2.10. The average Bonchev–Trinajstić information content (AvgIpc) is 2.75. The summed E-state index contributed by atoms with van der Waals surface area (Å²) in [7, 11) is 0. The lowest BCUT2D eigenvalue weighted by Gasteiger charge is -1.95. The molecule has 0 bridgehead atoms. The first kappa shape index (κ1) is 8.31. The number of rotatable bonds is 2. The summed E-state index contributed by atoms with van der Waals surface area (Å²) in [6.45, 7) is 4.23. The highest BCUT2D eigenvalue weighted by molar-refractivity contribution is 6.64. The van der Waals surface area contributed by atoms with Gasteiger partial charge in [-0.2, -0.15) is 0 Å². The van der Waals surface area contributed by atoms with Crippen molar-refractivity contribution in [1.82, 2.24) is 0 Å². The van der Waals surface area contributed by atoms with Crippen molar-refractivity contribution in [3.8, 4) is 0 Å². The fraction of sp³-hybridized carbons (Fsp3) is 0.700. The van der Waals surface area contributed by atoms with Crippen molar-refractivity contribution in [3.05, 3.63) is 11.6 Å². The van der Waals surface area contributed by atoms with Gasteiger partial charge in [-0.3, -0.25) is 4.79 Å². The molecule has 2 aliphatic carbocycles. The first-order valence-electron chi connectivity index (χ1n) is 4.42. The van der Waals surface area contributed by atoms with Gasteiger partial charge >= 0.3 is 0 Å². The Morgan fingerprint density at radius 3 is 2.50 bits per heavy atom. The van der Waals surface area contributed by atoms with E-state index in [1.54, 1.807) is 0 Å². The van der Waals surface area contributed by atoms with Gasteiger partial charge in [0.1, 0.15) is 0 Å². The summed E-state index contributed by atoms with van der Waals surface area (Å²) in [5.74, 6) is 0.493. The van der Waals surface area contributed by atoms with Crippen LogP contribution < -0.4 is 0 Å². The van der Waals surface area contributed by atoms with Crippen LogP contribution in [0.3, 0.4) is 0 Å². The van der Waals surface area contributed by atoms with Crippen LogP contribution >= 0.6 is 11.6 Å². The van der Waals surface area contributed by atoms with Crippen LogP contribution in [-0.2, 0) is 4.79 Å². The van der Waals surface area contributed by atoms with Crippen molar-refractivity contribution in [2.45, 2.75) is 26.7 Å². The molecule has 2 rings (SSSR count). The summed E-state index contributed by atoms with van der Waals surface area (Å²) in [6.07, 6.45) is 4.72. The number of hydrogen-bond acceptors (Lipinski definition) is 1. The number of halogens is 1. The molecule has 66 valence electrons. The second-order valence-electron chi connectivity index (χ2n) is 4.45. The van der Waals surface area contributed by atoms with Gasteiger partial charge in [-0.05, 0) is 35.8 Å². The van der Waals surface area contributed by atoms with E-state index in [0.717, 1.165) is 0 Å². The Morgan fingerprint density at radius 2 is 2.17 bits per heavy atom. The molecule has 0 radical (unpaired) electrons. The van der Waals surface area contributed by atoms with E-state index >= 15 is 0 Å². The van der Waals surface area contributed by atoms with Crippen LogP contribution in [0.25, 0.3) is 0 Å². The second kappa shape index (κ2) is 2.35. The van der Waals surface area contributed by atoms with Crippen LogP contribution in [0.2, 0.25) is 0 Å². The van der Waals surface area contributed by atoms with Crippen LogP contribution in [0.15, 0.2) is 11.6 Å². The molecule has 0 spiro atoms. The van der Waals surface area contributed by atoms with E-state index in [1.807, 2.05) is 0 Å². The number of carbonyl (C=O) groups is 1. The van der Waals surface area contributed by atoms with E-state index in [0.29, 0.717) is 5.92 Å². The monoisotopic (exact) mass is 184 g/mol. The van der Waals surface area contributed by atoms with Gasteiger partial charge in [-0.25, -0.2) is 0 Å². The molecule has 2 aliphatic rings. The molecule has 2 atom stereocenters. The third-order valence-corrected chi connectivity index (χ3v) is 3.34. The highest BCUT2D eigenvalue weighted by Gasteiger charge is 2.60. The Morgan fingerprint density at radius 1 is 1.58 bits per heavy atom. The third kappa shape index (κ3) is 1.20. The number of carbonyl (C=O) groups excluding carboxylic acids is 1. The molecule has 0 unspecified atom stereocenters. The van der Waals surface area contributed by atoms with Gasteiger partial charge < -0.3 is 0 Å². The molecule has 0 aromatic carbocycles. The Labute approximate surface area is 77.8 Å². The van der Waals surface area contributed by atoms with Crippen LogP contribution in [0.4, 0.5) is 0 Å². The van der Waals surface area contributed by atoms with Gasteiger partial charge in [0.2, 0.25) is 5.24 Å². The van der Waals surface area contributed by atoms with E-state index in [4.69, 9.17) is 11.6 Å². The minimum Gasteiger partial charge on any atom is -0.281 e. The molecule has 0 saturated heterocycles. The molecular weight excluding hydrogens is 172 g/mol. The predicted octanol–water partition coefficient (Wildman–Crippen LogP) is 2.74. The molecule has 0 N–H and O–H groups in total. The zero-order chi connectivity index (χ0) is 8.93. The normalized spacial score (nSPS) is 36.1. The first-order valence-corrected chi connectivity index (χ1v) is 4.80. The maximum absolute atomic E-state index is 11.0. The maximum atomic E-state index is 11.0. The van der Waals surface area contributed by atoms with Crippen LogP contribution in [0, 0.1) is 17.3 Å². The van der Waals surface area contributed by atoms with Crippen molar-refractivity contribution in [2.75, 3.05) is 0 Å². The van der Waals surface area contributed by atoms with E-state index in [-0.39, 0.29) is 16.6 Å².